The summed E-state index contributed by atoms with van der Waals surface area (Å²) in [6.07, 6.45) is 0. The van der Waals surface area contributed by atoms with Gasteiger partial charge in [-0.25, -0.2) is 9.37 Å². The molecule has 1 aromatic carbocycles. The summed E-state index contributed by atoms with van der Waals surface area (Å²) in [5.74, 6) is 0.0495. The summed E-state index contributed by atoms with van der Waals surface area (Å²) in [4.78, 5) is 14.7. The minimum absolute atomic E-state index is 0.0573. The quantitative estimate of drug-likeness (QED) is 0.680. The second-order valence-electron chi connectivity index (χ2n) is 4.06. The summed E-state index contributed by atoms with van der Waals surface area (Å²) in [6, 6.07) is 6.97. The number of anilines is 1. The molecule has 0 aliphatic heterocycles. The number of hydrogen-bond donors (Lipinski definition) is 1. The van der Waals surface area contributed by atoms with E-state index in [9.17, 15) is 14.5 Å². The molecule has 0 fully saturated rings. The van der Waals surface area contributed by atoms with Gasteiger partial charge in [0, 0.05) is 18.7 Å². The minimum Gasteiger partial charge on any atom is -0.373 e. The maximum atomic E-state index is 13.1. The topological polar surface area (TPSA) is 68.1 Å². The average Bonchev–Trinajstić information content (AvgIpc) is 2.38. The van der Waals surface area contributed by atoms with Gasteiger partial charge in [-0.3, -0.25) is 10.1 Å². The molecular weight excluding hydrogens is 249 g/mol. The van der Waals surface area contributed by atoms with Crippen molar-refractivity contribution >= 4 is 11.5 Å². The van der Waals surface area contributed by atoms with Crippen molar-refractivity contribution in [2.45, 2.75) is 6.92 Å². The Morgan fingerprint density at radius 2 is 2.05 bits per heavy atom. The summed E-state index contributed by atoms with van der Waals surface area (Å²) >= 11 is 0. The number of halogens is 1. The number of benzene rings is 1. The van der Waals surface area contributed by atoms with E-state index in [2.05, 4.69) is 10.3 Å². The molecular formula is C13H12FN3O2. The van der Waals surface area contributed by atoms with Crippen LogP contribution in [-0.4, -0.2) is 17.0 Å². The van der Waals surface area contributed by atoms with E-state index in [1.165, 1.54) is 24.3 Å². The zero-order valence-electron chi connectivity index (χ0n) is 10.5. The third kappa shape index (κ3) is 2.67. The van der Waals surface area contributed by atoms with E-state index in [0.717, 1.165) is 0 Å². The zero-order valence-corrected chi connectivity index (χ0v) is 10.5. The van der Waals surface area contributed by atoms with Crippen LogP contribution in [0.1, 0.15) is 5.56 Å². The fourth-order valence-electron chi connectivity index (χ4n) is 1.80. The highest BCUT2D eigenvalue weighted by atomic mass is 19.1. The monoisotopic (exact) mass is 261 g/mol. The van der Waals surface area contributed by atoms with Crippen molar-refractivity contribution in [3.05, 3.63) is 51.8 Å². The Labute approximate surface area is 109 Å². The number of hydrogen-bond acceptors (Lipinski definition) is 4. The molecule has 0 aliphatic rings. The van der Waals surface area contributed by atoms with E-state index in [0.29, 0.717) is 22.6 Å². The zero-order chi connectivity index (χ0) is 14.0. The van der Waals surface area contributed by atoms with Gasteiger partial charge in [0.1, 0.15) is 11.6 Å². The van der Waals surface area contributed by atoms with Crippen LogP contribution in [-0.2, 0) is 0 Å². The lowest BCUT2D eigenvalue weighted by Crippen LogP contribution is -1.98. The van der Waals surface area contributed by atoms with E-state index in [1.54, 1.807) is 20.0 Å². The third-order valence-corrected chi connectivity index (χ3v) is 2.74. The van der Waals surface area contributed by atoms with Gasteiger partial charge in [-0.2, -0.15) is 0 Å². The first kappa shape index (κ1) is 12.9. The summed E-state index contributed by atoms with van der Waals surface area (Å²) in [5, 5.41) is 13.7. The molecule has 0 saturated heterocycles. The molecule has 6 heteroatoms. The first-order valence-electron chi connectivity index (χ1n) is 5.62. The molecule has 0 amide bonds. The molecule has 1 N–H and O–H groups in total. The molecule has 0 spiro atoms. The molecule has 2 aromatic rings. The molecule has 1 heterocycles. The Balaban J connectivity index is 2.60. The van der Waals surface area contributed by atoms with E-state index < -0.39 is 4.92 Å². The summed E-state index contributed by atoms with van der Waals surface area (Å²) < 4.78 is 13.1. The Hall–Kier alpha value is -2.50. The number of pyridine rings is 1. The molecule has 98 valence electrons. The van der Waals surface area contributed by atoms with Gasteiger partial charge in [0.05, 0.1) is 16.7 Å². The van der Waals surface area contributed by atoms with Crippen LogP contribution in [0.15, 0.2) is 30.3 Å². The van der Waals surface area contributed by atoms with Crippen molar-refractivity contribution in [2.24, 2.45) is 0 Å². The third-order valence-electron chi connectivity index (χ3n) is 2.74. The molecule has 2 rings (SSSR count). The van der Waals surface area contributed by atoms with Gasteiger partial charge in [-0.1, -0.05) is 0 Å². The standard InChI is InChI=1S/C13H12FN3O2/c1-8-5-9(14)3-4-11(8)12-6-10(17(18)19)7-13(15-2)16-12/h3-7H,1-2H3,(H,15,16). The lowest BCUT2D eigenvalue weighted by atomic mass is 10.0. The van der Waals surface area contributed by atoms with E-state index in [4.69, 9.17) is 0 Å². The fourth-order valence-corrected chi connectivity index (χ4v) is 1.80. The van der Waals surface area contributed by atoms with Crippen molar-refractivity contribution < 1.29 is 9.31 Å². The van der Waals surface area contributed by atoms with Crippen molar-refractivity contribution in [3.8, 4) is 11.3 Å². The van der Waals surface area contributed by atoms with Crippen LogP contribution in [0.3, 0.4) is 0 Å². The van der Waals surface area contributed by atoms with Gasteiger partial charge in [0.15, 0.2) is 0 Å². The summed E-state index contributed by atoms with van der Waals surface area (Å²) in [5.41, 5.74) is 1.73. The maximum Gasteiger partial charge on any atom is 0.275 e. The number of nitrogens with one attached hydrogen (secondary N) is 1. The van der Waals surface area contributed by atoms with E-state index in [-0.39, 0.29) is 11.5 Å². The van der Waals surface area contributed by atoms with Crippen LogP contribution in [0.4, 0.5) is 15.9 Å². The molecule has 19 heavy (non-hydrogen) atoms. The van der Waals surface area contributed by atoms with Gasteiger partial charge in [-0.05, 0) is 30.7 Å². The summed E-state index contributed by atoms with van der Waals surface area (Å²) in [6.45, 7) is 1.73. The SMILES string of the molecule is CNc1cc([N+](=O)[O-])cc(-c2ccc(F)cc2C)n1. The average molecular weight is 261 g/mol. The highest BCUT2D eigenvalue weighted by Gasteiger charge is 2.13. The normalized spacial score (nSPS) is 10.3. The predicted octanol–water partition coefficient (Wildman–Crippen LogP) is 3.15. The van der Waals surface area contributed by atoms with Crippen molar-refractivity contribution in [1.82, 2.24) is 4.98 Å². The Kier molecular flexibility index (Phi) is 3.41. The molecule has 0 aliphatic carbocycles. The van der Waals surface area contributed by atoms with E-state index >= 15 is 0 Å². The highest BCUT2D eigenvalue weighted by Crippen LogP contribution is 2.27. The van der Waals surface area contributed by atoms with Crippen LogP contribution in [0.5, 0.6) is 0 Å². The molecule has 1 aromatic heterocycles. The number of nitro groups is 1. The Morgan fingerprint density at radius 3 is 2.63 bits per heavy atom. The molecule has 0 unspecified atom stereocenters. The van der Waals surface area contributed by atoms with Crippen LogP contribution in [0, 0.1) is 22.9 Å². The first-order chi connectivity index (χ1) is 9.01. The van der Waals surface area contributed by atoms with Gasteiger partial charge in [0.25, 0.3) is 5.69 Å². The van der Waals surface area contributed by atoms with Crippen LogP contribution in [0.2, 0.25) is 0 Å². The largest absolute Gasteiger partial charge is 0.373 e. The van der Waals surface area contributed by atoms with Crippen LogP contribution < -0.4 is 5.32 Å². The second-order valence-corrected chi connectivity index (χ2v) is 4.06. The van der Waals surface area contributed by atoms with Gasteiger partial charge in [0.2, 0.25) is 0 Å². The Bertz CT molecular complexity index is 644. The predicted molar refractivity (Wildman–Crippen MR) is 70.6 cm³/mol. The molecule has 0 radical (unpaired) electrons. The smallest absolute Gasteiger partial charge is 0.275 e. The fraction of sp³-hybridized carbons (Fsp3) is 0.154. The van der Waals surface area contributed by atoms with Crippen LogP contribution in [0.25, 0.3) is 11.3 Å². The van der Waals surface area contributed by atoms with Crippen molar-refractivity contribution in [3.63, 3.8) is 0 Å². The molecule has 0 bridgehead atoms. The van der Waals surface area contributed by atoms with Crippen molar-refractivity contribution in [1.29, 1.82) is 0 Å². The molecule has 5 nitrogen and oxygen atoms in total. The van der Waals surface area contributed by atoms with Crippen LogP contribution >= 0.6 is 0 Å². The lowest BCUT2D eigenvalue weighted by Gasteiger charge is -2.07. The first-order valence-corrected chi connectivity index (χ1v) is 5.62. The number of aromatic nitrogens is 1. The van der Waals surface area contributed by atoms with Gasteiger partial charge < -0.3 is 5.32 Å². The van der Waals surface area contributed by atoms with Gasteiger partial charge in [-0.15, -0.1) is 0 Å². The van der Waals surface area contributed by atoms with Gasteiger partial charge >= 0.3 is 0 Å². The maximum absolute atomic E-state index is 13.1. The number of rotatable bonds is 3. The van der Waals surface area contributed by atoms with E-state index in [1.807, 2.05) is 0 Å². The number of nitrogens with zero attached hydrogens (tertiary/aromatic N) is 2. The molecule has 0 saturated carbocycles. The summed E-state index contributed by atoms with van der Waals surface area (Å²) in [7, 11) is 1.63. The molecule has 0 atom stereocenters. The Morgan fingerprint density at radius 1 is 1.32 bits per heavy atom. The second kappa shape index (κ2) is 5.01. The number of aryl methyl sites for hydroxylation is 1. The van der Waals surface area contributed by atoms with Crippen molar-refractivity contribution in [2.75, 3.05) is 12.4 Å². The minimum atomic E-state index is -0.481. The lowest BCUT2D eigenvalue weighted by molar-refractivity contribution is -0.384. The highest BCUT2D eigenvalue weighted by molar-refractivity contribution is 5.68.